The highest BCUT2D eigenvalue weighted by Gasteiger charge is 2.21. The molecule has 0 saturated heterocycles. The van der Waals surface area contributed by atoms with Gasteiger partial charge in [-0.2, -0.15) is 0 Å². The summed E-state index contributed by atoms with van der Waals surface area (Å²) in [6.07, 6.45) is 2.43. The molecule has 3 aromatic heterocycles. The highest BCUT2D eigenvalue weighted by atomic mass is 19.1. The zero-order valence-electron chi connectivity index (χ0n) is 37.6. The Morgan fingerprint density at radius 2 is 0.971 bits per heavy atom. The third kappa shape index (κ3) is 10.2. The van der Waals surface area contributed by atoms with Crippen LogP contribution in [0.3, 0.4) is 0 Å². The Balaban J connectivity index is 1.10. The van der Waals surface area contributed by atoms with Crippen molar-refractivity contribution < 1.29 is 27.2 Å². The maximum absolute atomic E-state index is 16.2. The van der Waals surface area contributed by atoms with E-state index in [2.05, 4.69) is 34.4 Å². The maximum atomic E-state index is 16.2. The monoisotopic (exact) mass is 924 g/mol. The molecule has 0 aliphatic heterocycles. The first kappa shape index (κ1) is 45.9. The van der Waals surface area contributed by atoms with Gasteiger partial charge in [-0.05, 0) is 160 Å². The Morgan fingerprint density at radius 1 is 0.507 bits per heavy atom. The molecule has 344 valence electrons. The van der Waals surface area contributed by atoms with Gasteiger partial charge in [0, 0.05) is 57.2 Å². The first-order valence-electron chi connectivity index (χ1n) is 22.5. The standard InChI is InChI=1S/C55H44F4N8O2/c1-3-67(4-2)27-7-26-61-54(68)37-15-23-47-48(30-37)65-51(34-11-19-40(57)20-12-34)52(64-47)35-13-21-44(58)42(28-35)43-29-36(14-22-45(43)59)53-50(33-9-17-39(56)18-10-33)63-46-24-16-38(31-49(46)66-53)55(69)62-32-41-8-5-6-25-60-41/h5-6,8-25,28-31H,3-4,7,26-27,32H2,1-2H3,(H,61,68)(H,62,69). The van der Waals surface area contributed by atoms with E-state index in [9.17, 15) is 18.4 Å². The summed E-state index contributed by atoms with van der Waals surface area (Å²) in [7, 11) is 0. The van der Waals surface area contributed by atoms with Crippen molar-refractivity contribution in [1.82, 2.24) is 40.5 Å². The highest BCUT2D eigenvalue weighted by molar-refractivity contribution is 5.99. The Bertz CT molecular complexity index is 3350. The van der Waals surface area contributed by atoms with Gasteiger partial charge in [0.25, 0.3) is 11.8 Å². The maximum Gasteiger partial charge on any atom is 0.251 e. The Morgan fingerprint density at radius 3 is 1.45 bits per heavy atom. The van der Waals surface area contributed by atoms with Crippen LogP contribution in [0.4, 0.5) is 17.6 Å². The zero-order chi connectivity index (χ0) is 48.0. The number of halogens is 4. The predicted octanol–water partition coefficient (Wildman–Crippen LogP) is 11.3. The van der Waals surface area contributed by atoms with E-state index in [0.717, 1.165) is 26.1 Å². The minimum absolute atomic E-state index is 0.101. The summed E-state index contributed by atoms with van der Waals surface area (Å²) in [4.78, 5) is 52.8. The molecule has 0 unspecified atom stereocenters. The smallest absolute Gasteiger partial charge is 0.251 e. The average molecular weight is 925 g/mol. The van der Waals surface area contributed by atoms with Crippen molar-refractivity contribution in [3.05, 3.63) is 186 Å². The second-order valence-electron chi connectivity index (χ2n) is 16.3. The van der Waals surface area contributed by atoms with Gasteiger partial charge < -0.3 is 15.5 Å². The van der Waals surface area contributed by atoms with Crippen molar-refractivity contribution in [1.29, 1.82) is 0 Å². The van der Waals surface area contributed by atoms with E-state index in [0.29, 0.717) is 84.8 Å². The van der Waals surface area contributed by atoms with Crippen LogP contribution in [-0.2, 0) is 6.54 Å². The number of fused-ring (bicyclic) bond motifs is 2. The van der Waals surface area contributed by atoms with Gasteiger partial charge in [-0.25, -0.2) is 37.5 Å². The molecule has 2 amide bonds. The van der Waals surface area contributed by atoms with Crippen LogP contribution in [-0.4, -0.2) is 67.8 Å². The van der Waals surface area contributed by atoms with Crippen molar-refractivity contribution in [2.24, 2.45) is 0 Å². The van der Waals surface area contributed by atoms with E-state index in [1.165, 1.54) is 60.7 Å². The number of hydrogen-bond donors (Lipinski definition) is 2. The van der Waals surface area contributed by atoms with E-state index >= 15 is 8.78 Å². The summed E-state index contributed by atoms with van der Waals surface area (Å²) in [5.41, 5.74) is 5.79. The van der Waals surface area contributed by atoms with Crippen LogP contribution in [0, 0.1) is 23.3 Å². The SMILES string of the molecule is CCN(CC)CCCNC(=O)c1ccc2nc(-c3ccc(F)c(-c4cc(-c5nc6cc(C(=O)NCc7ccccn7)ccc6nc5-c5ccc(F)cc5)ccc4F)c3)c(-c3ccc(F)cc3)nc2c1. The molecule has 3 heterocycles. The van der Waals surface area contributed by atoms with E-state index in [4.69, 9.17) is 19.9 Å². The van der Waals surface area contributed by atoms with Gasteiger partial charge in [0.15, 0.2) is 0 Å². The van der Waals surface area contributed by atoms with Crippen LogP contribution in [0.5, 0.6) is 0 Å². The van der Waals surface area contributed by atoms with Crippen molar-refractivity contribution in [2.45, 2.75) is 26.8 Å². The van der Waals surface area contributed by atoms with Crippen LogP contribution in [0.1, 0.15) is 46.7 Å². The lowest BCUT2D eigenvalue weighted by Gasteiger charge is -2.17. The molecule has 10 nitrogen and oxygen atoms in total. The van der Waals surface area contributed by atoms with Gasteiger partial charge in [-0.15, -0.1) is 0 Å². The zero-order valence-corrected chi connectivity index (χ0v) is 37.6. The van der Waals surface area contributed by atoms with Gasteiger partial charge in [-0.3, -0.25) is 14.6 Å². The van der Waals surface area contributed by atoms with Crippen molar-refractivity contribution in [3.8, 4) is 56.2 Å². The summed E-state index contributed by atoms with van der Waals surface area (Å²) in [5.74, 6) is -3.02. The topological polar surface area (TPSA) is 126 Å². The summed E-state index contributed by atoms with van der Waals surface area (Å²) in [6, 6.07) is 35.0. The minimum Gasteiger partial charge on any atom is -0.352 e. The molecule has 0 saturated carbocycles. The molecular weight excluding hydrogens is 881 g/mol. The molecular formula is C55H44F4N8O2. The summed E-state index contributed by atoms with van der Waals surface area (Å²) in [6.45, 7) is 7.61. The molecule has 0 fully saturated rings. The number of carbonyl (C=O) groups excluding carboxylic acids is 2. The van der Waals surface area contributed by atoms with E-state index in [1.807, 2.05) is 6.07 Å². The normalized spacial score (nSPS) is 11.3. The summed E-state index contributed by atoms with van der Waals surface area (Å²) >= 11 is 0. The molecule has 2 N–H and O–H groups in total. The van der Waals surface area contributed by atoms with E-state index < -0.39 is 23.3 Å². The van der Waals surface area contributed by atoms with Crippen LogP contribution >= 0.6 is 0 Å². The van der Waals surface area contributed by atoms with Crippen LogP contribution in [0.25, 0.3) is 78.2 Å². The first-order valence-corrected chi connectivity index (χ1v) is 22.5. The Kier molecular flexibility index (Phi) is 13.5. The average Bonchev–Trinajstić information content (AvgIpc) is 3.38. The van der Waals surface area contributed by atoms with Gasteiger partial charge in [-0.1, -0.05) is 19.9 Å². The Hall–Kier alpha value is -8.23. The van der Waals surface area contributed by atoms with Gasteiger partial charge in [0.05, 0.1) is 57.1 Å². The number of carbonyl (C=O) groups is 2. The highest BCUT2D eigenvalue weighted by Crippen LogP contribution is 2.38. The third-order valence-corrected chi connectivity index (χ3v) is 11.8. The van der Waals surface area contributed by atoms with Gasteiger partial charge >= 0.3 is 0 Å². The fourth-order valence-corrected chi connectivity index (χ4v) is 8.09. The second-order valence-corrected chi connectivity index (χ2v) is 16.3. The van der Waals surface area contributed by atoms with Crippen LogP contribution in [0.15, 0.2) is 146 Å². The molecule has 0 spiro atoms. The molecule has 0 aliphatic rings. The van der Waals surface area contributed by atoms with Gasteiger partial charge in [0.2, 0.25) is 0 Å². The van der Waals surface area contributed by atoms with E-state index in [-0.39, 0.29) is 35.2 Å². The fourth-order valence-electron chi connectivity index (χ4n) is 8.09. The van der Waals surface area contributed by atoms with Crippen molar-refractivity contribution >= 4 is 33.9 Å². The summed E-state index contributed by atoms with van der Waals surface area (Å²) < 4.78 is 60.9. The lowest BCUT2D eigenvalue weighted by Crippen LogP contribution is -2.29. The molecule has 0 radical (unpaired) electrons. The number of benzene rings is 6. The molecule has 14 heteroatoms. The molecule has 0 aliphatic carbocycles. The molecule has 0 bridgehead atoms. The fraction of sp³-hybridized carbons (Fsp3) is 0.145. The third-order valence-electron chi connectivity index (χ3n) is 11.8. The molecule has 9 aromatic rings. The number of nitrogens with zero attached hydrogens (tertiary/aromatic N) is 6. The predicted molar refractivity (Wildman–Crippen MR) is 260 cm³/mol. The van der Waals surface area contributed by atoms with Crippen LogP contribution < -0.4 is 10.6 Å². The molecule has 6 aromatic carbocycles. The summed E-state index contributed by atoms with van der Waals surface area (Å²) in [5, 5.41) is 5.84. The Labute approximate surface area is 395 Å². The number of aromatic nitrogens is 5. The number of amides is 2. The van der Waals surface area contributed by atoms with Crippen molar-refractivity contribution in [2.75, 3.05) is 26.2 Å². The molecule has 0 atom stereocenters. The van der Waals surface area contributed by atoms with E-state index in [1.54, 1.807) is 79.0 Å². The van der Waals surface area contributed by atoms with Crippen molar-refractivity contribution in [3.63, 3.8) is 0 Å². The number of hydrogen-bond acceptors (Lipinski definition) is 8. The number of rotatable bonds is 15. The minimum atomic E-state index is -0.735. The molecule has 9 rings (SSSR count). The van der Waals surface area contributed by atoms with Gasteiger partial charge in [0.1, 0.15) is 23.3 Å². The lowest BCUT2D eigenvalue weighted by atomic mass is 9.95. The largest absolute Gasteiger partial charge is 0.352 e. The molecule has 69 heavy (non-hydrogen) atoms. The number of nitrogens with one attached hydrogen (secondary N) is 2. The lowest BCUT2D eigenvalue weighted by molar-refractivity contribution is 0.0943. The first-order chi connectivity index (χ1) is 33.5. The number of pyridine rings is 1. The van der Waals surface area contributed by atoms with Crippen LogP contribution in [0.2, 0.25) is 0 Å². The quantitative estimate of drug-likeness (QED) is 0.0769. The second kappa shape index (κ2) is 20.3.